The zero-order chi connectivity index (χ0) is 8.97. The van der Waals surface area contributed by atoms with Crippen molar-refractivity contribution in [1.29, 1.82) is 0 Å². The molecule has 0 fully saturated rings. The van der Waals surface area contributed by atoms with Crippen LogP contribution in [0, 0.1) is 0 Å². The number of aliphatic hydroxyl groups excluding tert-OH is 1. The lowest BCUT2D eigenvalue weighted by atomic mass is 10.1. The van der Waals surface area contributed by atoms with Gasteiger partial charge in [0.1, 0.15) is 5.71 Å². The molecule has 4 heteroatoms. The monoisotopic (exact) mass is 166 g/mol. The van der Waals surface area contributed by atoms with Crippen LogP contribution in [-0.2, 0) is 4.79 Å². The average Bonchev–Trinajstić information content (AvgIpc) is 2.07. The first-order valence-corrected chi connectivity index (χ1v) is 3.59. The van der Waals surface area contributed by atoms with Crippen molar-refractivity contribution in [1.82, 2.24) is 0 Å². The van der Waals surface area contributed by atoms with E-state index in [4.69, 9.17) is 10.8 Å². The molecule has 0 radical (unpaired) electrons. The summed E-state index contributed by atoms with van der Waals surface area (Å²) in [5.41, 5.74) is 6.25. The van der Waals surface area contributed by atoms with Crippen molar-refractivity contribution in [3.05, 3.63) is 23.9 Å². The standard InChI is InChI=1S/C8H10N2O2/c9-6-1-2-8(12)7(5-6)10-3-4-11/h1-2,5,11H,3-4,9H2. The van der Waals surface area contributed by atoms with Crippen molar-refractivity contribution in [2.45, 2.75) is 0 Å². The van der Waals surface area contributed by atoms with Gasteiger partial charge < -0.3 is 10.8 Å². The van der Waals surface area contributed by atoms with E-state index in [-0.39, 0.29) is 18.9 Å². The summed E-state index contributed by atoms with van der Waals surface area (Å²) in [5, 5.41) is 8.46. The fourth-order valence-electron chi connectivity index (χ4n) is 0.828. The Hall–Kier alpha value is -1.42. The van der Waals surface area contributed by atoms with Crippen molar-refractivity contribution in [3.63, 3.8) is 0 Å². The smallest absolute Gasteiger partial charge is 0.203 e. The number of nitrogens with two attached hydrogens (primary N) is 1. The molecule has 0 spiro atoms. The van der Waals surface area contributed by atoms with E-state index in [1.54, 1.807) is 0 Å². The van der Waals surface area contributed by atoms with E-state index >= 15 is 0 Å². The number of ketones is 1. The van der Waals surface area contributed by atoms with E-state index in [1.807, 2.05) is 0 Å². The maximum Gasteiger partial charge on any atom is 0.203 e. The van der Waals surface area contributed by atoms with E-state index in [0.717, 1.165) is 0 Å². The second-order valence-electron chi connectivity index (χ2n) is 2.33. The summed E-state index contributed by atoms with van der Waals surface area (Å²) >= 11 is 0. The Morgan fingerprint density at radius 1 is 1.50 bits per heavy atom. The molecule has 3 N–H and O–H groups in total. The van der Waals surface area contributed by atoms with Gasteiger partial charge in [0.2, 0.25) is 5.78 Å². The van der Waals surface area contributed by atoms with Crippen LogP contribution >= 0.6 is 0 Å². The summed E-state index contributed by atoms with van der Waals surface area (Å²) < 4.78 is 0. The van der Waals surface area contributed by atoms with Gasteiger partial charge in [0.15, 0.2) is 0 Å². The molecule has 0 aromatic carbocycles. The second kappa shape index (κ2) is 3.82. The lowest BCUT2D eigenvalue weighted by Crippen LogP contribution is -2.16. The summed E-state index contributed by atoms with van der Waals surface area (Å²) in [5.74, 6) is -0.169. The summed E-state index contributed by atoms with van der Waals surface area (Å²) in [4.78, 5) is 14.9. The van der Waals surface area contributed by atoms with Crippen LogP contribution in [0.15, 0.2) is 28.9 Å². The SMILES string of the molecule is NC1=CC(=NCCO)C(=O)C=C1. The number of hydrogen-bond donors (Lipinski definition) is 2. The highest BCUT2D eigenvalue weighted by molar-refractivity contribution is 6.48. The average molecular weight is 166 g/mol. The summed E-state index contributed by atoms with van der Waals surface area (Å²) in [6, 6.07) is 0. The molecule has 0 aromatic heterocycles. The third-order valence-corrected chi connectivity index (χ3v) is 1.37. The Balaban J connectivity index is 2.77. The van der Waals surface area contributed by atoms with Crippen LogP contribution in [0.1, 0.15) is 0 Å². The van der Waals surface area contributed by atoms with Crippen LogP contribution in [0.3, 0.4) is 0 Å². The Bertz CT molecular complexity index is 277. The van der Waals surface area contributed by atoms with Gasteiger partial charge in [-0.15, -0.1) is 0 Å². The molecule has 0 atom stereocenters. The van der Waals surface area contributed by atoms with Crippen molar-refractivity contribution >= 4 is 11.5 Å². The van der Waals surface area contributed by atoms with E-state index in [2.05, 4.69) is 4.99 Å². The molecule has 0 heterocycles. The van der Waals surface area contributed by atoms with Crippen LogP contribution < -0.4 is 5.73 Å². The number of allylic oxidation sites excluding steroid dienone is 3. The third-order valence-electron chi connectivity index (χ3n) is 1.37. The Morgan fingerprint density at radius 2 is 2.25 bits per heavy atom. The van der Waals surface area contributed by atoms with Crippen LogP contribution in [0.5, 0.6) is 0 Å². The second-order valence-corrected chi connectivity index (χ2v) is 2.33. The first-order valence-electron chi connectivity index (χ1n) is 3.59. The first kappa shape index (κ1) is 8.67. The van der Waals surface area contributed by atoms with Gasteiger partial charge >= 0.3 is 0 Å². The molecule has 0 saturated carbocycles. The van der Waals surface area contributed by atoms with Crippen molar-refractivity contribution < 1.29 is 9.90 Å². The molecular formula is C8H10N2O2. The van der Waals surface area contributed by atoms with Gasteiger partial charge in [-0.2, -0.15) is 0 Å². The fourth-order valence-corrected chi connectivity index (χ4v) is 0.828. The zero-order valence-electron chi connectivity index (χ0n) is 6.53. The van der Waals surface area contributed by atoms with Crippen molar-refractivity contribution in [3.8, 4) is 0 Å². The minimum Gasteiger partial charge on any atom is -0.399 e. The lowest BCUT2D eigenvalue weighted by molar-refractivity contribution is -0.108. The van der Waals surface area contributed by atoms with Crippen LogP contribution in [0.2, 0.25) is 0 Å². The van der Waals surface area contributed by atoms with E-state index in [0.29, 0.717) is 11.4 Å². The lowest BCUT2D eigenvalue weighted by Gasteiger charge is -2.02. The third kappa shape index (κ3) is 2.03. The van der Waals surface area contributed by atoms with E-state index in [1.165, 1.54) is 18.2 Å². The number of aliphatic hydroxyl groups is 1. The number of hydrogen-bond acceptors (Lipinski definition) is 4. The van der Waals surface area contributed by atoms with Gasteiger partial charge in [-0.1, -0.05) is 0 Å². The molecule has 0 saturated heterocycles. The predicted octanol–water partition coefficient (Wildman–Crippen LogP) is -0.599. The van der Waals surface area contributed by atoms with Gasteiger partial charge in [-0.3, -0.25) is 9.79 Å². The number of carbonyl (C=O) groups is 1. The van der Waals surface area contributed by atoms with Gasteiger partial charge in [-0.05, 0) is 18.2 Å². The summed E-state index contributed by atoms with van der Waals surface area (Å²) in [7, 11) is 0. The first-order chi connectivity index (χ1) is 5.74. The van der Waals surface area contributed by atoms with E-state index < -0.39 is 0 Å². The quantitative estimate of drug-likeness (QED) is 0.538. The molecule has 0 aliphatic heterocycles. The molecule has 1 aliphatic rings. The van der Waals surface area contributed by atoms with Crippen molar-refractivity contribution in [2.24, 2.45) is 10.7 Å². The Labute approximate surface area is 70.1 Å². The zero-order valence-corrected chi connectivity index (χ0v) is 6.53. The summed E-state index contributed by atoms with van der Waals surface area (Å²) in [6.07, 6.45) is 4.39. The molecular weight excluding hydrogens is 156 g/mol. The minimum absolute atomic E-state index is 0.0613. The highest BCUT2D eigenvalue weighted by atomic mass is 16.3. The molecule has 4 nitrogen and oxygen atoms in total. The normalized spacial score (nSPS) is 19.9. The highest BCUT2D eigenvalue weighted by Gasteiger charge is 2.08. The van der Waals surface area contributed by atoms with Crippen molar-refractivity contribution in [2.75, 3.05) is 13.2 Å². The fraction of sp³-hybridized carbons (Fsp3) is 0.250. The van der Waals surface area contributed by atoms with Crippen LogP contribution in [0.4, 0.5) is 0 Å². The van der Waals surface area contributed by atoms with Crippen LogP contribution in [0.25, 0.3) is 0 Å². The Kier molecular flexibility index (Phi) is 2.76. The predicted molar refractivity (Wildman–Crippen MR) is 45.8 cm³/mol. The molecule has 1 rings (SSSR count). The van der Waals surface area contributed by atoms with Gasteiger partial charge in [0.25, 0.3) is 0 Å². The topological polar surface area (TPSA) is 75.7 Å². The molecule has 1 aliphatic carbocycles. The maximum absolute atomic E-state index is 11.0. The van der Waals surface area contributed by atoms with Crippen LogP contribution in [-0.4, -0.2) is 29.8 Å². The largest absolute Gasteiger partial charge is 0.399 e. The molecule has 0 unspecified atom stereocenters. The van der Waals surface area contributed by atoms with Gasteiger partial charge in [0.05, 0.1) is 13.2 Å². The maximum atomic E-state index is 11.0. The number of aliphatic imine (C=N–C) groups is 1. The van der Waals surface area contributed by atoms with Gasteiger partial charge in [0, 0.05) is 5.70 Å². The minimum atomic E-state index is -0.169. The molecule has 0 amide bonds. The number of carbonyl (C=O) groups excluding carboxylic acids is 1. The summed E-state index contributed by atoms with van der Waals surface area (Å²) in [6.45, 7) is 0.174. The Morgan fingerprint density at radius 3 is 2.92 bits per heavy atom. The molecule has 12 heavy (non-hydrogen) atoms. The van der Waals surface area contributed by atoms with Gasteiger partial charge in [-0.25, -0.2) is 0 Å². The molecule has 0 bridgehead atoms. The molecule has 0 aromatic rings. The van der Waals surface area contributed by atoms with E-state index in [9.17, 15) is 4.79 Å². The molecule has 64 valence electrons. The highest BCUT2D eigenvalue weighted by Crippen LogP contribution is 1.99. The number of nitrogens with zero attached hydrogens (tertiary/aromatic N) is 1. The number of rotatable bonds is 2.